The molecular weight excluding hydrogens is 312 g/mol. The molecule has 1 unspecified atom stereocenters. The Morgan fingerprint density at radius 3 is 2.72 bits per heavy atom. The maximum absolute atomic E-state index is 5.45. The molecule has 0 bridgehead atoms. The Labute approximate surface area is 152 Å². The predicted molar refractivity (Wildman–Crippen MR) is 106 cm³/mol. The van der Waals surface area contributed by atoms with E-state index < -0.39 is 0 Å². The SMILES string of the molecule is CN=C(NCCc1cc(C)ccc1OC)NCC(C)CN1CCCC1. The summed E-state index contributed by atoms with van der Waals surface area (Å²) >= 11 is 0. The molecule has 1 heterocycles. The molecule has 1 aliphatic heterocycles. The first-order valence-corrected chi connectivity index (χ1v) is 9.42. The van der Waals surface area contributed by atoms with E-state index in [1.54, 1.807) is 7.11 Å². The van der Waals surface area contributed by atoms with Gasteiger partial charge in [-0.2, -0.15) is 0 Å². The third-order valence-corrected chi connectivity index (χ3v) is 4.73. The minimum absolute atomic E-state index is 0.619. The minimum Gasteiger partial charge on any atom is -0.496 e. The molecule has 140 valence electrons. The summed E-state index contributed by atoms with van der Waals surface area (Å²) in [5.74, 6) is 2.45. The number of aliphatic imine (C=N–C) groups is 1. The molecule has 1 saturated heterocycles. The minimum atomic E-state index is 0.619. The predicted octanol–water partition coefficient (Wildman–Crippen LogP) is 2.44. The van der Waals surface area contributed by atoms with Crippen molar-refractivity contribution in [3.8, 4) is 5.75 Å². The average molecular weight is 347 g/mol. The second kappa shape index (κ2) is 10.3. The largest absolute Gasteiger partial charge is 0.496 e. The zero-order chi connectivity index (χ0) is 18.1. The summed E-state index contributed by atoms with van der Waals surface area (Å²) in [5, 5.41) is 6.86. The lowest BCUT2D eigenvalue weighted by Gasteiger charge is -2.21. The Balaban J connectivity index is 1.72. The lowest BCUT2D eigenvalue weighted by molar-refractivity contribution is 0.287. The number of hydrogen-bond acceptors (Lipinski definition) is 3. The van der Waals surface area contributed by atoms with E-state index in [4.69, 9.17) is 4.74 Å². The van der Waals surface area contributed by atoms with Gasteiger partial charge >= 0.3 is 0 Å². The van der Waals surface area contributed by atoms with Crippen molar-refractivity contribution in [2.75, 3.05) is 46.9 Å². The van der Waals surface area contributed by atoms with Crippen LogP contribution in [0, 0.1) is 12.8 Å². The van der Waals surface area contributed by atoms with E-state index in [2.05, 4.69) is 46.5 Å². The molecule has 0 aliphatic carbocycles. The van der Waals surface area contributed by atoms with Crippen molar-refractivity contribution in [1.29, 1.82) is 0 Å². The van der Waals surface area contributed by atoms with Gasteiger partial charge in [-0.25, -0.2) is 0 Å². The monoisotopic (exact) mass is 346 g/mol. The number of hydrogen-bond donors (Lipinski definition) is 2. The lowest BCUT2D eigenvalue weighted by atomic mass is 10.1. The highest BCUT2D eigenvalue weighted by Crippen LogP contribution is 2.19. The van der Waals surface area contributed by atoms with Gasteiger partial charge in [0.1, 0.15) is 5.75 Å². The van der Waals surface area contributed by atoms with Crippen LogP contribution in [0.1, 0.15) is 30.9 Å². The van der Waals surface area contributed by atoms with Crippen LogP contribution in [0.5, 0.6) is 5.75 Å². The van der Waals surface area contributed by atoms with Gasteiger partial charge in [0.25, 0.3) is 0 Å². The second-order valence-corrected chi connectivity index (χ2v) is 7.06. The number of ether oxygens (including phenoxy) is 1. The highest BCUT2D eigenvalue weighted by molar-refractivity contribution is 5.79. The van der Waals surface area contributed by atoms with Gasteiger partial charge in [0.15, 0.2) is 5.96 Å². The van der Waals surface area contributed by atoms with Crippen LogP contribution in [-0.2, 0) is 6.42 Å². The number of rotatable bonds is 8. The molecule has 1 aromatic carbocycles. The molecule has 1 fully saturated rings. The first kappa shape index (κ1) is 19.6. The van der Waals surface area contributed by atoms with Crippen LogP contribution in [0.3, 0.4) is 0 Å². The molecule has 0 saturated carbocycles. The second-order valence-electron chi connectivity index (χ2n) is 7.06. The van der Waals surface area contributed by atoms with Crippen LogP contribution in [-0.4, -0.2) is 57.7 Å². The number of likely N-dealkylation sites (tertiary alicyclic amines) is 1. The Morgan fingerprint density at radius 1 is 1.28 bits per heavy atom. The van der Waals surface area contributed by atoms with E-state index in [-0.39, 0.29) is 0 Å². The van der Waals surface area contributed by atoms with Gasteiger partial charge in [-0.05, 0) is 56.8 Å². The van der Waals surface area contributed by atoms with Gasteiger partial charge in [-0.1, -0.05) is 24.6 Å². The van der Waals surface area contributed by atoms with Gasteiger partial charge in [-0.15, -0.1) is 0 Å². The highest BCUT2D eigenvalue weighted by Gasteiger charge is 2.14. The van der Waals surface area contributed by atoms with E-state index in [1.165, 1.54) is 43.6 Å². The van der Waals surface area contributed by atoms with Crippen LogP contribution in [0.2, 0.25) is 0 Å². The molecule has 0 aromatic heterocycles. The maximum atomic E-state index is 5.45. The van der Waals surface area contributed by atoms with Crippen LogP contribution in [0.4, 0.5) is 0 Å². The number of benzene rings is 1. The Kier molecular flexibility index (Phi) is 8.06. The van der Waals surface area contributed by atoms with Gasteiger partial charge in [0, 0.05) is 26.7 Å². The number of nitrogens with one attached hydrogen (secondary N) is 2. The summed E-state index contributed by atoms with van der Waals surface area (Å²) in [6, 6.07) is 6.31. The van der Waals surface area contributed by atoms with Gasteiger partial charge in [0.2, 0.25) is 0 Å². The summed E-state index contributed by atoms with van der Waals surface area (Å²) in [5.41, 5.74) is 2.49. The highest BCUT2D eigenvalue weighted by atomic mass is 16.5. The Morgan fingerprint density at radius 2 is 2.04 bits per heavy atom. The molecule has 0 radical (unpaired) electrons. The molecular formula is C20H34N4O. The Hall–Kier alpha value is -1.75. The van der Waals surface area contributed by atoms with Crippen LogP contribution in [0.25, 0.3) is 0 Å². The van der Waals surface area contributed by atoms with Gasteiger partial charge < -0.3 is 20.3 Å². The average Bonchev–Trinajstić information content (AvgIpc) is 3.11. The number of guanidine groups is 1. The zero-order valence-electron chi connectivity index (χ0n) is 16.3. The molecule has 2 N–H and O–H groups in total. The molecule has 1 aliphatic rings. The van der Waals surface area contributed by atoms with Crippen LogP contribution in [0.15, 0.2) is 23.2 Å². The molecule has 1 aromatic rings. The summed E-state index contributed by atoms with van der Waals surface area (Å²) in [4.78, 5) is 6.89. The van der Waals surface area contributed by atoms with E-state index in [1.807, 2.05) is 13.1 Å². The standard InChI is InChI=1S/C20H34N4O/c1-16-7-8-19(25-4)18(13-16)9-10-22-20(21-3)23-14-17(2)15-24-11-5-6-12-24/h7-8,13,17H,5-6,9-12,14-15H2,1-4H3,(H2,21,22,23). The van der Waals surface area contributed by atoms with Crippen molar-refractivity contribution < 1.29 is 4.74 Å². The van der Waals surface area contributed by atoms with Crippen LogP contribution >= 0.6 is 0 Å². The maximum Gasteiger partial charge on any atom is 0.190 e. The normalized spacial score (nSPS) is 16.7. The fourth-order valence-electron chi connectivity index (χ4n) is 3.38. The Bertz CT molecular complexity index is 553. The molecule has 25 heavy (non-hydrogen) atoms. The first-order chi connectivity index (χ1) is 12.1. The molecule has 5 heteroatoms. The smallest absolute Gasteiger partial charge is 0.190 e. The fraction of sp³-hybridized carbons (Fsp3) is 0.650. The summed E-state index contributed by atoms with van der Waals surface area (Å²) < 4.78 is 5.45. The fourth-order valence-corrected chi connectivity index (χ4v) is 3.38. The van der Waals surface area contributed by atoms with Crippen molar-refractivity contribution in [3.05, 3.63) is 29.3 Å². The lowest BCUT2D eigenvalue weighted by Crippen LogP contribution is -2.42. The summed E-state index contributed by atoms with van der Waals surface area (Å²) in [6.07, 6.45) is 3.62. The number of nitrogens with zero attached hydrogens (tertiary/aromatic N) is 2. The number of methoxy groups -OCH3 is 1. The molecule has 5 nitrogen and oxygen atoms in total. The van der Waals surface area contributed by atoms with Crippen molar-refractivity contribution >= 4 is 5.96 Å². The summed E-state index contributed by atoms with van der Waals surface area (Å²) in [6.45, 7) is 9.88. The van der Waals surface area contributed by atoms with Crippen LogP contribution < -0.4 is 15.4 Å². The molecule has 0 spiro atoms. The van der Waals surface area contributed by atoms with Crippen molar-refractivity contribution in [2.45, 2.75) is 33.1 Å². The quantitative estimate of drug-likeness (QED) is 0.561. The molecule has 0 amide bonds. The van der Waals surface area contributed by atoms with E-state index in [9.17, 15) is 0 Å². The third-order valence-electron chi connectivity index (χ3n) is 4.73. The van der Waals surface area contributed by atoms with Gasteiger partial charge in [0.05, 0.1) is 7.11 Å². The molecule has 1 atom stereocenters. The zero-order valence-corrected chi connectivity index (χ0v) is 16.3. The summed E-state index contributed by atoms with van der Waals surface area (Å²) in [7, 11) is 3.55. The third kappa shape index (κ3) is 6.58. The van der Waals surface area contributed by atoms with E-state index in [0.29, 0.717) is 5.92 Å². The number of aryl methyl sites for hydroxylation is 1. The van der Waals surface area contributed by atoms with E-state index in [0.717, 1.165) is 31.2 Å². The first-order valence-electron chi connectivity index (χ1n) is 9.42. The van der Waals surface area contributed by atoms with E-state index >= 15 is 0 Å². The van der Waals surface area contributed by atoms with Crippen molar-refractivity contribution in [1.82, 2.24) is 15.5 Å². The van der Waals surface area contributed by atoms with Gasteiger partial charge in [-0.3, -0.25) is 4.99 Å². The topological polar surface area (TPSA) is 48.9 Å². The van der Waals surface area contributed by atoms with Crippen molar-refractivity contribution in [2.24, 2.45) is 10.9 Å². The van der Waals surface area contributed by atoms with Crippen molar-refractivity contribution in [3.63, 3.8) is 0 Å². The molecule has 2 rings (SSSR count).